The first kappa shape index (κ1) is 12.2. The molecule has 0 atom stereocenters. The Labute approximate surface area is 107 Å². The summed E-state index contributed by atoms with van der Waals surface area (Å²) in [6.07, 6.45) is 8.34. The number of rotatable bonds is 6. The van der Waals surface area contributed by atoms with Crippen LogP contribution in [-0.4, -0.2) is 15.1 Å². The van der Waals surface area contributed by atoms with Gasteiger partial charge in [-0.15, -0.1) is 0 Å². The minimum absolute atomic E-state index is 0.535. The molecule has 1 saturated carbocycles. The van der Waals surface area contributed by atoms with Gasteiger partial charge in [0.1, 0.15) is 0 Å². The summed E-state index contributed by atoms with van der Waals surface area (Å²) >= 11 is 3.62. The number of hydrogen-bond acceptors (Lipinski definition) is 1. The van der Waals surface area contributed by atoms with E-state index in [1.165, 1.54) is 31.4 Å². The van der Waals surface area contributed by atoms with Crippen LogP contribution in [0.3, 0.4) is 0 Å². The number of halogens is 1. The average molecular weight is 285 g/mol. The Morgan fingerprint density at radius 2 is 2.12 bits per heavy atom. The third-order valence-corrected chi connectivity index (χ3v) is 4.97. The molecule has 16 heavy (non-hydrogen) atoms. The van der Waals surface area contributed by atoms with Crippen molar-refractivity contribution in [2.45, 2.75) is 52.0 Å². The molecule has 0 unspecified atom stereocenters. The van der Waals surface area contributed by atoms with Crippen molar-refractivity contribution in [1.82, 2.24) is 9.78 Å². The number of aromatic nitrogens is 2. The van der Waals surface area contributed by atoms with Crippen molar-refractivity contribution < 1.29 is 0 Å². The maximum absolute atomic E-state index is 4.72. The topological polar surface area (TPSA) is 17.8 Å². The van der Waals surface area contributed by atoms with Crippen molar-refractivity contribution in [3.63, 3.8) is 0 Å². The molecule has 0 saturated heterocycles. The Kier molecular flexibility index (Phi) is 3.73. The molecule has 1 fully saturated rings. The van der Waals surface area contributed by atoms with Crippen LogP contribution >= 0.6 is 15.9 Å². The molecular formula is C13H21BrN2. The molecule has 1 aliphatic carbocycles. The molecule has 2 rings (SSSR count). The molecule has 0 spiro atoms. The fraction of sp³-hybridized carbons (Fsp3) is 0.769. The molecule has 1 aliphatic rings. The SMILES string of the molecule is CCC(CC)n1ccc(CC2(CBr)CC2)n1. The largest absolute Gasteiger partial charge is 0.269 e. The first-order valence-electron chi connectivity index (χ1n) is 6.33. The van der Waals surface area contributed by atoms with Crippen LogP contribution in [0.4, 0.5) is 0 Å². The predicted octanol–water partition coefficient (Wildman–Crippen LogP) is 3.96. The van der Waals surface area contributed by atoms with Gasteiger partial charge >= 0.3 is 0 Å². The van der Waals surface area contributed by atoms with Gasteiger partial charge in [0.05, 0.1) is 11.7 Å². The minimum atomic E-state index is 0.535. The molecule has 0 radical (unpaired) electrons. The molecular weight excluding hydrogens is 264 g/mol. The first-order valence-corrected chi connectivity index (χ1v) is 7.45. The zero-order valence-corrected chi connectivity index (χ0v) is 11.8. The van der Waals surface area contributed by atoms with Crippen LogP contribution < -0.4 is 0 Å². The summed E-state index contributed by atoms with van der Waals surface area (Å²) in [6, 6.07) is 2.77. The molecule has 90 valence electrons. The van der Waals surface area contributed by atoms with Crippen LogP contribution in [0.2, 0.25) is 0 Å². The normalized spacial score (nSPS) is 18.0. The van der Waals surface area contributed by atoms with Gasteiger partial charge in [0.15, 0.2) is 0 Å². The van der Waals surface area contributed by atoms with Crippen molar-refractivity contribution in [2.75, 3.05) is 5.33 Å². The summed E-state index contributed by atoms with van der Waals surface area (Å²) in [5.74, 6) is 0. The average Bonchev–Trinajstić information content (AvgIpc) is 2.93. The summed E-state index contributed by atoms with van der Waals surface area (Å²) in [5, 5.41) is 5.84. The maximum atomic E-state index is 4.72. The smallest absolute Gasteiger partial charge is 0.0630 e. The zero-order chi connectivity index (χ0) is 11.6. The van der Waals surface area contributed by atoms with Gasteiger partial charge in [0, 0.05) is 11.5 Å². The van der Waals surface area contributed by atoms with Crippen LogP contribution in [0.5, 0.6) is 0 Å². The minimum Gasteiger partial charge on any atom is -0.269 e. The molecule has 0 N–H and O–H groups in total. The van der Waals surface area contributed by atoms with Gasteiger partial charge in [0.25, 0.3) is 0 Å². The van der Waals surface area contributed by atoms with Crippen molar-refractivity contribution in [1.29, 1.82) is 0 Å². The number of hydrogen-bond donors (Lipinski definition) is 0. The van der Waals surface area contributed by atoms with Gasteiger partial charge in [-0.1, -0.05) is 29.8 Å². The standard InChI is InChI=1S/C13H21BrN2/c1-3-12(4-2)16-8-5-11(15-16)9-13(10-14)6-7-13/h5,8,12H,3-4,6-7,9-10H2,1-2H3. The van der Waals surface area contributed by atoms with Gasteiger partial charge in [-0.25, -0.2) is 0 Å². The second-order valence-corrected chi connectivity index (χ2v) is 5.63. The molecule has 1 heterocycles. The molecule has 1 aromatic heterocycles. The van der Waals surface area contributed by atoms with Crippen molar-refractivity contribution in [3.8, 4) is 0 Å². The molecule has 0 aliphatic heterocycles. The molecule has 0 bridgehead atoms. The fourth-order valence-corrected chi connectivity index (χ4v) is 3.02. The lowest BCUT2D eigenvalue weighted by Crippen LogP contribution is -2.10. The zero-order valence-electron chi connectivity index (χ0n) is 10.2. The first-order chi connectivity index (χ1) is 7.73. The van der Waals surface area contributed by atoms with Crippen LogP contribution in [0.25, 0.3) is 0 Å². The number of alkyl halides is 1. The third-order valence-electron chi connectivity index (χ3n) is 3.78. The summed E-state index contributed by atoms with van der Waals surface area (Å²) in [5.41, 5.74) is 1.80. The lowest BCUT2D eigenvalue weighted by molar-refractivity contribution is 0.422. The predicted molar refractivity (Wildman–Crippen MR) is 71.0 cm³/mol. The highest BCUT2D eigenvalue weighted by atomic mass is 79.9. The highest BCUT2D eigenvalue weighted by molar-refractivity contribution is 9.09. The Bertz CT molecular complexity index is 337. The molecule has 2 nitrogen and oxygen atoms in total. The molecule has 0 amide bonds. The van der Waals surface area contributed by atoms with Crippen LogP contribution in [0.1, 0.15) is 51.3 Å². The van der Waals surface area contributed by atoms with E-state index in [0.29, 0.717) is 11.5 Å². The van der Waals surface area contributed by atoms with Crippen LogP contribution in [0.15, 0.2) is 12.3 Å². The van der Waals surface area contributed by atoms with Gasteiger partial charge in [-0.05, 0) is 43.6 Å². The van der Waals surface area contributed by atoms with E-state index < -0.39 is 0 Å². The molecule has 0 aromatic carbocycles. The van der Waals surface area contributed by atoms with Crippen molar-refractivity contribution in [2.24, 2.45) is 5.41 Å². The quantitative estimate of drug-likeness (QED) is 0.723. The van der Waals surface area contributed by atoms with E-state index in [-0.39, 0.29) is 0 Å². The lowest BCUT2D eigenvalue weighted by Gasteiger charge is -2.13. The summed E-state index contributed by atoms with van der Waals surface area (Å²) < 4.78 is 2.15. The maximum Gasteiger partial charge on any atom is 0.0630 e. The van der Waals surface area contributed by atoms with E-state index >= 15 is 0 Å². The van der Waals surface area contributed by atoms with Gasteiger partial charge in [0.2, 0.25) is 0 Å². The highest BCUT2D eigenvalue weighted by Gasteiger charge is 2.41. The van der Waals surface area contributed by atoms with E-state index in [0.717, 1.165) is 11.8 Å². The van der Waals surface area contributed by atoms with Crippen LogP contribution in [0, 0.1) is 5.41 Å². The second-order valence-electron chi connectivity index (χ2n) is 5.07. The lowest BCUT2D eigenvalue weighted by atomic mass is 10.0. The Hall–Kier alpha value is -0.310. The van der Waals surface area contributed by atoms with E-state index in [1.54, 1.807) is 0 Å². The third kappa shape index (κ3) is 2.50. The van der Waals surface area contributed by atoms with E-state index in [4.69, 9.17) is 5.10 Å². The van der Waals surface area contributed by atoms with Gasteiger partial charge in [-0.3, -0.25) is 4.68 Å². The fourth-order valence-electron chi connectivity index (χ4n) is 2.26. The van der Waals surface area contributed by atoms with E-state index in [1.807, 2.05) is 0 Å². The Morgan fingerprint density at radius 3 is 2.62 bits per heavy atom. The summed E-state index contributed by atoms with van der Waals surface area (Å²) in [6.45, 7) is 4.47. The number of nitrogens with zero attached hydrogens (tertiary/aromatic N) is 2. The van der Waals surface area contributed by atoms with E-state index in [2.05, 4.69) is 46.7 Å². The van der Waals surface area contributed by atoms with Crippen LogP contribution in [-0.2, 0) is 6.42 Å². The van der Waals surface area contributed by atoms with E-state index in [9.17, 15) is 0 Å². The van der Waals surface area contributed by atoms with Gasteiger partial charge < -0.3 is 0 Å². The Morgan fingerprint density at radius 1 is 1.44 bits per heavy atom. The Balaban J connectivity index is 2.02. The summed E-state index contributed by atoms with van der Waals surface area (Å²) in [4.78, 5) is 0. The molecule has 3 heteroatoms. The molecule has 1 aromatic rings. The van der Waals surface area contributed by atoms with Gasteiger partial charge in [-0.2, -0.15) is 5.10 Å². The summed E-state index contributed by atoms with van der Waals surface area (Å²) in [7, 11) is 0. The second kappa shape index (κ2) is 4.91. The highest BCUT2D eigenvalue weighted by Crippen LogP contribution is 2.49. The van der Waals surface area contributed by atoms with Crippen molar-refractivity contribution in [3.05, 3.63) is 18.0 Å². The monoisotopic (exact) mass is 284 g/mol. The van der Waals surface area contributed by atoms with Crippen molar-refractivity contribution >= 4 is 15.9 Å².